The van der Waals surface area contributed by atoms with Crippen molar-refractivity contribution >= 4 is 0 Å². The fourth-order valence-electron chi connectivity index (χ4n) is 3.16. The van der Waals surface area contributed by atoms with Crippen LogP contribution in [0.3, 0.4) is 0 Å². The molecular weight excluding hydrogens is 316 g/mol. The molecule has 0 bridgehead atoms. The highest BCUT2D eigenvalue weighted by Gasteiger charge is 2.44. The van der Waals surface area contributed by atoms with E-state index in [9.17, 15) is 5.11 Å². The minimum atomic E-state index is -0.720. The van der Waals surface area contributed by atoms with Gasteiger partial charge in [0.05, 0.1) is 12.7 Å². The van der Waals surface area contributed by atoms with E-state index in [1.165, 1.54) is 0 Å². The fraction of sp³-hybridized carbons (Fsp3) is 0.429. The third-order valence-electron chi connectivity index (χ3n) is 4.33. The second-order valence-corrected chi connectivity index (χ2v) is 6.82. The topological polar surface area (TPSA) is 47.9 Å². The van der Waals surface area contributed by atoms with Crippen molar-refractivity contribution in [3.63, 3.8) is 0 Å². The van der Waals surface area contributed by atoms with Gasteiger partial charge in [0.15, 0.2) is 5.79 Å². The van der Waals surface area contributed by atoms with Gasteiger partial charge in [-0.05, 0) is 31.4 Å². The van der Waals surface area contributed by atoms with E-state index in [2.05, 4.69) is 0 Å². The van der Waals surface area contributed by atoms with Crippen LogP contribution in [-0.4, -0.2) is 29.7 Å². The smallest absolute Gasteiger partial charge is 0.163 e. The van der Waals surface area contributed by atoms with Crippen LogP contribution in [0.25, 0.3) is 0 Å². The predicted octanol–water partition coefficient (Wildman–Crippen LogP) is 3.85. The summed E-state index contributed by atoms with van der Waals surface area (Å²) in [5.74, 6) is -0.704. The van der Waals surface area contributed by atoms with E-state index in [0.29, 0.717) is 19.6 Å². The van der Waals surface area contributed by atoms with E-state index in [1.807, 2.05) is 74.5 Å². The number of hydrogen-bond acceptors (Lipinski definition) is 4. The molecule has 4 nitrogen and oxygen atoms in total. The van der Waals surface area contributed by atoms with E-state index in [1.54, 1.807) is 0 Å². The average Bonchev–Trinajstić information content (AvgIpc) is 2.94. The van der Waals surface area contributed by atoms with Crippen LogP contribution in [0.15, 0.2) is 60.7 Å². The van der Waals surface area contributed by atoms with Crippen molar-refractivity contribution in [2.75, 3.05) is 6.61 Å². The summed E-state index contributed by atoms with van der Waals surface area (Å²) < 4.78 is 17.7. The molecule has 3 rings (SSSR count). The fourth-order valence-corrected chi connectivity index (χ4v) is 3.16. The highest BCUT2D eigenvalue weighted by Crippen LogP contribution is 2.36. The van der Waals surface area contributed by atoms with Crippen molar-refractivity contribution in [1.82, 2.24) is 0 Å². The first-order valence-corrected chi connectivity index (χ1v) is 8.75. The number of ether oxygens (including phenoxy) is 3. The second-order valence-electron chi connectivity index (χ2n) is 6.82. The highest BCUT2D eigenvalue weighted by molar-refractivity contribution is 5.19. The van der Waals surface area contributed by atoms with Crippen LogP contribution in [0.1, 0.15) is 37.5 Å². The maximum Gasteiger partial charge on any atom is 0.163 e. The summed E-state index contributed by atoms with van der Waals surface area (Å²) in [6.45, 7) is 4.88. The number of aliphatic hydroxyl groups excluding tert-OH is 1. The van der Waals surface area contributed by atoms with Crippen LogP contribution in [0.4, 0.5) is 0 Å². The molecule has 2 aromatic rings. The van der Waals surface area contributed by atoms with Crippen molar-refractivity contribution in [1.29, 1.82) is 0 Å². The molecule has 1 aliphatic heterocycles. The van der Waals surface area contributed by atoms with Crippen molar-refractivity contribution in [3.8, 4) is 0 Å². The third kappa shape index (κ3) is 4.89. The molecule has 2 aromatic carbocycles. The number of benzene rings is 2. The molecule has 3 atom stereocenters. The quantitative estimate of drug-likeness (QED) is 0.777. The van der Waals surface area contributed by atoms with Gasteiger partial charge in [-0.25, -0.2) is 0 Å². The van der Waals surface area contributed by atoms with Crippen molar-refractivity contribution in [2.24, 2.45) is 0 Å². The lowest BCUT2D eigenvalue weighted by Gasteiger charge is -2.22. The van der Waals surface area contributed by atoms with Crippen molar-refractivity contribution < 1.29 is 19.3 Å². The molecule has 0 aliphatic carbocycles. The number of hydrogen-bond donors (Lipinski definition) is 1. The van der Waals surface area contributed by atoms with E-state index >= 15 is 0 Å². The average molecular weight is 342 g/mol. The Kier molecular flexibility index (Phi) is 5.86. The first kappa shape index (κ1) is 18.1. The Bertz CT molecular complexity index is 641. The molecule has 0 saturated carbocycles. The molecule has 1 fully saturated rings. The minimum absolute atomic E-state index is 0.207. The number of aliphatic hydroxyl groups is 1. The maximum absolute atomic E-state index is 10.7. The monoisotopic (exact) mass is 342 g/mol. The summed E-state index contributed by atoms with van der Waals surface area (Å²) in [5.41, 5.74) is 1.98. The molecule has 1 aliphatic rings. The standard InChI is InChI=1S/C21H26O4/c1-21(2)24-18(13-14-23-15-16-9-5-3-6-10-16)20(25-21)19(22)17-11-7-4-8-12-17/h3-12,18-20,22H,13-15H2,1-2H3/t18-,19?,20-/m0/s1. The molecule has 1 heterocycles. The Morgan fingerprint density at radius 2 is 1.64 bits per heavy atom. The summed E-state index contributed by atoms with van der Waals surface area (Å²) in [4.78, 5) is 0. The van der Waals surface area contributed by atoms with E-state index in [0.717, 1.165) is 11.1 Å². The van der Waals surface area contributed by atoms with Crippen molar-refractivity contribution in [3.05, 3.63) is 71.8 Å². The molecule has 1 N–H and O–H groups in total. The highest BCUT2D eigenvalue weighted by atomic mass is 16.8. The summed E-state index contributed by atoms with van der Waals surface area (Å²) in [7, 11) is 0. The third-order valence-corrected chi connectivity index (χ3v) is 4.33. The molecule has 0 aromatic heterocycles. The van der Waals surface area contributed by atoms with E-state index in [4.69, 9.17) is 14.2 Å². The van der Waals surface area contributed by atoms with Gasteiger partial charge in [-0.15, -0.1) is 0 Å². The van der Waals surface area contributed by atoms with Gasteiger partial charge in [0, 0.05) is 6.61 Å². The summed E-state index contributed by atoms with van der Waals surface area (Å²) >= 11 is 0. The van der Waals surface area contributed by atoms with E-state index in [-0.39, 0.29) is 6.10 Å². The van der Waals surface area contributed by atoms with Crippen LogP contribution in [-0.2, 0) is 20.8 Å². The van der Waals surface area contributed by atoms with Gasteiger partial charge in [0.1, 0.15) is 12.2 Å². The molecule has 134 valence electrons. The van der Waals surface area contributed by atoms with Gasteiger partial charge in [0.25, 0.3) is 0 Å². The van der Waals surface area contributed by atoms with Gasteiger partial charge in [0.2, 0.25) is 0 Å². The molecule has 25 heavy (non-hydrogen) atoms. The summed E-state index contributed by atoms with van der Waals surface area (Å²) in [6.07, 6.45) is -0.661. The minimum Gasteiger partial charge on any atom is -0.386 e. The summed E-state index contributed by atoms with van der Waals surface area (Å²) in [5, 5.41) is 10.7. The van der Waals surface area contributed by atoms with E-state index < -0.39 is 18.0 Å². The zero-order valence-electron chi connectivity index (χ0n) is 14.8. The van der Waals surface area contributed by atoms with Gasteiger partial charge < -0.3 is 19.3 Å². The first-order chi connectivity index (χ1) is 12.1. The molecule has 0 spiro atoms. The zero-order chi connectivity index (χ0) is 17.7. The Morgan fingerprint density at radius 1 is 1.00 bits per heavy atom. The lowest BCUT2D eigenvalue weighted by atomic mass is 9.99. The largest absolute Gasteiger partial charge is 0.386 e. The molecular formula is C21H26O4. The Labute approximate surface area is 149 Å². The Hall–Kier alpha value is -1.72. The zero-order valence-corrected chi connectivity index (χ0v) is 14.8. The van der Waals surface area contributed by atoms with Crippen LogP contribution < -0.4 is 0 Å². The van der Waals surface area contributed by atoms with Gasteiger partial charge in [-0.1, -0.05) is 60.7 Å². The molecule has 0 radical (unpaired) electrons. The second kappa shape index (κ2) is 8.11. The Morgan fingerprint density at radius 3 is 2.32 bits per heavy atom. The molecule has 1 unspecified atom stereocenters. The van der Waals surface area contributed by atoms with Gasteiger partial charge in [-0.2, -0.15) is 0 Å². The summed E-state index contributed by atoms with van der Waals surface area (Å²) in [6, 6.07) is 19.6. The lowest BCUT2D eigenvalue weighted by molar-refractivity contribution is -0.156. The van der Waals surface area contributed by atoms with Crippen LogP contribution in [0.2, 0.25) is 0 Å². The normalized spacial score (nSPS) is 23.5. The number of rotatable bonds is 7. The van der Waals surface area contributed by atoms with Gasteiger partial charge >= 0.3 is 0 Å². The predicted molar refractivity (Wildman–Crippen MR) is 95.9 cm³/mol. The first-order valence-electron chi connectivity index (χ1n) is 8.75. The van der Waals surface area contributed by atoms with Crippen LogP contribution in [0.5, 0.6) is 0 Å². The molecule has 0 amide bonds. The van der Waals surface area contributed by atoms with Crippen LogP contribution in [0, 0.1) is 0 Å². The SMILES string of the molecule is CC1(C)O[C@@H](CCOCc2ccccc2)[C@@H](C(O)c2ccccc2)O1. The Balaban J connectivity index is 1.56. The van der Waals surface area contributed by atoms with Gasteiger partial charge in [-0.3, -0.25) is 0 Å². The van der Waals surface area contributed by atoms with Crippen LogP contribution >= 0.6 is 0 Å². The lowest BCUT2D eigenvalue weighted by Crippen LogP contribution is -2.30. The maximum atomic E-state index is 10.7. The molecule has 4 heteroatoms. The molecule has 1 saturated heterocycles. The van der Waals surface area contributed by atoms with Crippen molar-refractivity contribution in [2.45, 2.75) is 51.0 Å².